The second-order valence-electron chi connectivity index (χ2n) is 18.3. The Morgan fingerprint density at radius 3 is 1.25 bits per heavy atom. The first-order valence-corrected chi connectivity index (χ1v) is 22.8. The Balaban J connectivity index is 1.12. The van der Waals surface area contributed by atoms with E-state index in [1.807, 2.05) is 0 Å². The van der Waals surface area contributed by atoms with Crippen molar-refractivity contribution in [2.75, 3.05) is 4.90 Å². The summed E-state index contributed by atoms with van der Waals surface area (Å²) in [6.45, 7) is 4.76. The van der Waals surface area contributed by atoms with Crippen LogP contribution in [0, 0.1) is 0 Å². The lowest BCUT2D eigenvalue weighted by Gasteiger charge is -2.35. The second kappa shape index (κ2) is 14.3. The minimum atomic E-state index is -0.536. The van der Waals surface area contributed by atoms with Crippen molar-refractivity contribution < 1.29 is 0 Å². The molecular formula is C64H45N. The highest BCUT2D eigenvalue weighted by Crippen LogP contribution is 2.59. The summed E-state index contributed by atoms with van der Waals surface area (Å²) < 4.78 is 0. The number of benzene rings is 10. The summed E-state index contributed by atoms with van der Waals surface area (Å²) in [5.41, 5.74) is 25.6. The predicted molar refractivity (Wildman–Crippen MR) is 271 cm³/mol. The summed E-state index contributed by atoms with van der Waals surface area (Å²) in [7, 11) is 0. The van der Waals surface area contributed by atoms with Gasteiger partial charge in [0.2, 0.25) is 0 Å². The molecule has 0 amide bonds. The van der Waals surface area contributed by atoms with Gasteiger partial charge < -0.3 is 4.90 Å². The zero-order valence-electron chi connectivity index (χ0n) is 36.5. The van der Waals surface area contributed by atoms with Gasteiger partial charge in [-0.2, -0.15) is 0 Å². The molecule has 3 aliphatic carbocycles. The minimum absolute atomic E-state index is 0.162. The van der Waals surface area contributed by atoms with Crippen molar-refractivity contribution in [3.8, 4) is 66.8 Å². The number of fused-ring (bicyclic) bond motifs is 14. The number of rotatable bonds is 5. The van der Waals surface area contributed by atoms with E-state index in [0.717, 1.165) is 11.4 Å². The largest absolute Gasteiger partial charge is 0.310 e. The van der Waals surface area contributed by atoms with Crippen LogP contribution in [-0.2, 0) is 10.8 Å². The number of anilines is 3. The third-order valence-corrected chi connectivity index (χ3v) is 14.7. The lowest BCUT2D eigenvalue weighted by molar-refractivity contribution is 0.660. The van der Waals surface area contributed by atoms with Crippen LogP contribution in [-0.4, -0.2) is 0 Å². The highest BCUT2D eigenvalue weighted by molar-refractivity contribution is 6.05. The van der Waals surface area contributed by atoms with Crippen LogP contribution in [0.25, 0.3) is 66.8 Å². The van der Waals surface area contributed by atoms with Crippen molar-refractivity contribution in [3.05, 3.63) is 270 Å². The molecule has 0 bridgehead atoms. The smallest absolute Gasteiger partial charge is 0.0714 e. The third-order valence-electron chi connectivity index (χ3n) is 14.7. The maximum atomic E-state index is 2.56. The topological polar surface area (TPSA) is 3.24 Å². The molecule has 0 atom stereocenters. The Morgan fingerprint density at radius 1 is 0.277 bits per heavy atom. The van der Waals surface area contributed by atoms with Gasteiger partial charge in [0.05, 0.1) is 11.1 Å². The Labute approximate surface area is 381 Å². The molecule has 3 aliphatic rings. The van der Waals surface area contributed by atoms with Crippen molar-refractivity contribution in [2.24, 2.45) is 0 Å². The molecule has 0 aliphatic heterocycles. The molecule has 65 heavy (non-hydrogen) atoms. The normalized spacial score (nSPS) is 13.9. The van der Waals surface area contributed by atoms with Crippen LogP contribution in [0.5, 0.6) is 0 Å². The average Bonchev–Trinajstić information content (AvgIpc) is 3.80. The van der Waals surface area contributed by atoms with Crippen LogP contribution in [0.2, 0.25) is 0 Å². The van der Waals surface area contributed by atoms with Crippen LogP contribution >= 0.6 is 0 Å². The fourth-order valence-electron chi connectivity index (χ4n) is 11.9. The summed E-state index contributed by atoms with van der Waals surface area (Å²) in [5, 5.41) is 0. The molecule has 1 nitrogen and oxygen atoms in total. The molecule has 0 unspecified atom stereocenters. The Bertz CT molecular complexity index is 3480. The molecule has 0 saturated carbocycles. The van der Waals surface area contributed by atoms with Gasteiger partial charge in [0.25, 0.3) is 0 Å². The van der Waals surface area contributed by atoms with Gasteiger partial charge in [-0.05, 0) is 125 Å². The van der Waals surface area contributed by atoms with Crippen LogP contribution < -0.4 is 4.90 Å². The lowest BCUT2D eigenvalue weighted by atomic mass is 9.67. The number of hydrogen-bond acceptors (Lipinski definition) is 1. The summed E-state index contributed by atoms with van der Waals surface area (Å²) in [6, 6.07) is 88.6. The second-order valence-corrected chi connectivity index (χ2v) is 18.3. The zero-order chi connectivity index (χ0) is 43.3. The summed E-state index contributed by atoms with van der Waals surface area (Å²) in [5.74, 6) is 0. The quantitative estimate of drug-likeness (QED) is 0.167. The fraction of sp³-hybridized carbons (Fsp3) is 0.0625. The molecule has 0 spiro atoms. The van der Waals surface area contributed by atoms with E-state index in [1.165, 1.54) is 106 Å². The molecule has 0 saturated heterocycles. The van der Waals surface area contributed by atoms with Gasteiger partial charge in [-0.1, -0.05) is 220 Å². The average molecular weight is 828 g/mol. The van der Waals surface area contributed by atoms with Gasteiger partial charge in [-0.3, -0.25) is 0 Å². The van der Waals surface area contributed by atoms with Gasteiger partial charge in [0, 0.05) is 22.4 Å². The molecule has 0 aromatic heterocycles. The van der Waals surface area contributed by atoms with Gasteiger partial charge in [0.1, 0.15) is 0 Å². The first-order chi connectivity index (χ1) is 32.0. The van der Waals surface area contributed by atoms with Gasteiger partial charge in [-0.15, -0.1) is 0 Å². The molecule has 0 radical (unpaired) electrons. The summed E-state index contributed by atoms with van der Waals surface area (Å²) in [4.78, 5) is 2.56. The van der Waals surface area contributed by atoms with E-state index in [2.05, 4.69) is 255 Å². The monoisotopic (exact) mass is 827 g/mol. The first kappa shape index (κ1) is 37.5. The predicted octanol–water partition coefficient (Wildman–Crippen LogP) is 16.8. The SMILES string of the molecule is CC1(C)c2ccccc2-c2c(N(c3ccc4c(c3)-c3ccccc3-c3ccccc3-c3ccccc3-4)c3ccc4c(c3)C(c3ccccc3)(c3ccccc3)c3ccccc3-4)cccc21. The van der Waals surface area contributed by atoms with Gasteiger partial charge in [0.15, 0.2) is 0 Å². The molecule has 10 aromatic carbocycles. The van der Waals surface area contributed by atoms with Crippen molar-refractivity contribution in [1.82, 2.24) is 0 Å². The van der Waals surface area contributed by atoms with Crippen molar-refractivity contribution in [3.63, 3.8) is 0 Å². The van der Waals surface area contributed by atoms with E-state index >= 15 is 0 Å². The molecule has 13 rings (SSSR count). The standard InChI is InChI=1S/C64H45N/c1-63(2)57-32-17-16-31-55(57)62-59(63)34-19-35-61(62)65(44-36-38-52-50-28-12-11-26-48(50)46-24-9-10-25-47(46)49-27-13-14-29-51(49)56(52)40-44)45-37-39-54-53-30-15-18-33-58(53)64(60(54)41-45,42-20-5-3-6-21-42)43-22-7-4-8-23-43/h3-41H,1-2H3. The third kappa shape index (κ3) is 5.33. The highest BCUT2D eigenvalue weighted by Gasteiger charge is 2.46. The van der Waals surface area contributed by atoms with E-state index in [-0.39, 0.29) is 5.41 Å². The molecule has 306 valence electrons. The molecule has 0 fully saturated rings. The van der Waals surface area contributed by atoms with Crippen LogP contribution in [0.4, 0.5) is 17.1 Å². The zero-order valence-corrected chi connectivity index (χ0v) is 36.5. The van der Waals surface area contributed by atoms with E-state index in [1.54, 1.807) is 0 Å². The Hall–Kier alpha value is -8.00. The lowest BCUT2D eigenvalue weighted by Crippen LogP contribution is -2.28. The summed E-state index contributed by atoms with van der Waals surface area (Å²) in [6.07, 6.45) is 0. The van der Waals surface area contributed by atoms with Crippen LogP contribution in [0.1, 0.15) is 47.2 Å². The molecule has 0 N–H and O–H groups in total. The minimum Gasteiger partial charge on any atom is -0.310 e. The molecule has 10 aromatic rings. The Kier molecular flexibility index (Phi) is 8.24. The van der Waals surface area contributed by atoms with Crippen molar-refractivity contribution in [1.29, 1.82) is 0 Å². The molecule has 1 heteroatoms. The van der Waals surface area contributed by atoms with Gasteiger partial charge >= 0.3 is 0 Å². The maximum absolute atomic E-state index is 2.56. The van der Waals surface area contributed by atoms with Crippen molar-refractivity contribution in [2.45, 2.75) is 24.7 Å². The van der Waals surface area contributed by atoms with E-state index < -0.39 is 5.41 Å². The van der Waals surface area contributed by atoms with Gasteiger partial charge in [-0.25, -0.2) is 0 Å². The first-order valence-electron chi connectivity index (χ1n) is 22.8. The van der Waals surface area contributed by atoms with Crippen LogP contribution in [0.3, 0.4) is 0 Å². The van der Waals surface area contributed by atoms with Crippen LogP contribution in [0.15, 0.2) is 237 Å². The Morgan fingerprint density at radius 2 is 0.677 bits per heavy atom. The van der Waals surface area contributed by atoms with E-state index in [0.29, 0.717) is 0 Å². The van der Waals surface area contributed by atoms with Crippen molar-refractivity contribution >= 4 is 17.1 Å². The van der Waals surface area contributed by atoms with E-state index in [9.17, 15) is 0 Å². The highest BCUT2D eigenvalue weighted by atomic mass is 15.1. The summed E-state index contributed by atoms with van der Waals surface area (Å²) >= 11 is 0. The maximum Gasteiger partial charge on any atom is 0.0714 e. The van der Waals surface area contributed by atoms with E-state index in [4.69, 9.17) is 0 Å². The number of nitrogens with zero attached hydrogens (tertiary/aromatic N) is 1. The molecular weight excluding hydrogens is 783 g/mol. The molecule has 0 heterocycles. The fourth-order valence-corrected chi connectivity index (χ4v) is 11.9. The number of hydrogen-bond donors (Lipinski definition) is 0.